The van der Waals surface area contributed by atoms with Gasteiger partial charge in [0.05, 0.1) is 12.2 Å². The Bertz CT molecular complexity index is 1600. The molecule has 1 unspecified atom stereocenters. The van der Waals surface area contributed by atoms with Crippen LogP contribution in [-0.4, -0.2) is 33.0 Å². The SMILES string of the molecule is CCOc1cc(C2C(C(=O)Nc3cccc(C)c3)=C(C)Nc3nc(SCC)nn32)ccc1OCc1cccc(C)c1. The summed E-state index contributed by atoms with van der Waals surface area (Å²) in [6.45, 7) is 10.8. The molecule has 9 heteroatoms. The number of anilines is 2. The van der Waals surface area contributed by atoms with E-state index in [2.05, 4.69) is 41.6 Å². The van der Waals surface area contributed by atoms with E-state index >= 15 is 0 Å². The standard InChI is InChI=1S/C32H35N5O3S/c1-6-39-27-18-24(14-15-26(27)40-19-23-12-8-10-20(3)16-23)29-28(30(38)34-25-13-9-11-21(4)17-25)22(5)33-31-35-32(41-7-2)36-37(29)31/h8-18,29H,6-7,19H2,1-5H3,(H,34,38)(H,33,35,36). The zero-order chi connectivity index (χ0) is 28.9. The van der Waals surface area contributed by atoms with Gasteiger partial charge in [0.2, 0.25) is 11.1 Å². The van der Waals surface area contributed by atoms with Gasteiger partial charge in [0.15, 0.2) is 11.5 Å². The molecular weight excluding hydrogens is 534 g/mol. The average molecular weight is 570 g/mol. The van der Waals surface area contributed by atoms with Crippen LogP contribution in [0.2, 0.25) is 0 Å². The molecule has 1 aromatic heterocycles. The molecule has 1 aliphatic rings. The molecule has 0 fully saturated rings. The lowest BCUT2D eigenvalue weighted by molar-refractivity contribution is -0.113. The van der Waals surface area contributed by atoms with Crippen molar-refractivity contribution in [2.45, 2.75) is 52.4 Å². The zero-order valence-corrected chi connectivity index (χ0v) is 24.8. The first kappa shape index (κ1) is 28.3. The average Bonchev–Trinajstić information content (AvgIpc) is 3.33. The molecule has 41 heavy (non-hydrogen) atoms. The number of hydrogen-bond donors (Lipinski definition) is 2. The summed E-state index contributed by atoms with van der Waals surface area (Å²) in [7, 11) is 0. The lowest BCUT2D eigenvalue weighted by Gasteiger charge is -2.29. The molecular formula is C32H35N5O3S. The van der Waals surface area contributed by atoms with Gasteiger partial charge in [-0.3, -0.25) is 4.79 Å². The van der Waals surface area contributed by atoms with Crippen LogP contribution in [-0.2, 0) is 11.4 Å². The summed E-state index contributed by atoms with van der Waals surface area (Å²) in [6, 6.07) is 21.3. The topological polar surface area (TPSA) is 90.3 Å². The number of carbonyl (C=O) groups is 1. The fraction of sp³-hybridized carbons (Fsp3) is 0.281. The van der Waals surface area contributed by atoms with Crippen LogP contribution in [0, 0.1) is 13.8 Å². The second-order valence-electron chi connectivity index (χ2n) is 9.90. The van der Waals surface area contributed by atoms with E-state index in [0.29, 0.717) is 47.1 Å². The largest absolute Gasteiger partial charge is 0.490 e. The van der Waals surface area contributed by atoms with Crippen molar-refractivity contribution in [2.24, 2.45) is 0 Å². The van der Waals surface area contributed by atoms with Crippen molar-refractivity contribution < 1.29 is 14.3 Å². The first-order valence-corrected chi connectivity index (χ1v) is 14.7. The van der Waals surface area contributed by atoms with Crippen molar-refractivity contribution in [2.75, 3.05) is 23.0 Å². The highest BCUT2D eigenvalue weighted by Gasteiger charge is 2.35. The molecule has 1 atom stereocenters. The van der Waals surface area contributed by atoms with Gasteiger partial charge in [-0.1, -0.05) is 66.7 Å². The van der Waals surface area contributed by atoms with E-state index < -0.39 is 6.04 Å². The van der Waals surface area contributed by atoms with Gasteiger partial charge in [-0.15, -0.1) is 5.10 Å². The first-order valence-electron chi connectivity index (χ1n) is 13.8. The third-order valence-electron chi connectivity index (χ3n) is 6.69. The summed E-state index contributed by atoms with van der Waals surface area (Å²) in [6.07, 6.45) is 0. The predicted octanol–water partition coefficient (Wildman–Crippen LogP) is 6.91. The molecule has 0 saturated heterocycles. The van der Waals surface area contributed by atoms with Gasteiger partial charge in [0.25, 0.3) is 5.91 Å². The van der Waals surface area contributed by atoms with Crippen LogP contribution in [0.3, 0.4) is 0 Å². The summed E-state index contributed by atoms with van der Waals surface area (Å²) in [5.41, 5.74) is 6.16. The molecule has 0 spiro atoms. The van der Waals surface area contributed by atoms with Crippen LogP contribution >= 0.6 is 11.8 Å². The molecule has 212 valence electrons. The van der Waals surface area contributed by atoms with Crippen molar-refractivity contribution in [3.63, 3.8) is 0 Å². The molecule has 2 heterocycles. The third kappa shape index (κ3) is 6.41. The number of hydrogen-bond acceptors (Lipinski definition) is 7. The number of carbonyl (C=O) groups excluding carboxylic acids is 1. The number of benzene rings is 3. The zero-order valence-electron chi connectivity index (χ0n) is 24.0. The molecule has 0 aliphatic carbocycles. The van der Waals surface area contributed by atoms with Crippen molar-refractivity contribution in [1.29, 1.82) is 0 Å². The summed E-state index contributed by atoms with van der Waals surface area (Å²) in [4.78, 5) is 18.5. The van der Waals surface area contributed by atoms with Crippen LogP contribution in [0.4, 0.5) is 11.6 Å². The molecule has 5 rings (SSSR count). The Labute approximate surface area is 245 Å². The molecule has 4 aromatic rings. The lowest BCUT2D eigenvalue weighted by atomic mass is 9.94. The van der Waals surface area contributed by atoms with Gasteiger partial charge in [0.1, 0.15) is 12.6 Å². The number of nitrogens with one attached hydrogen (secondary N) is 2. The number of thioether (sulfide) groups is 1. The molecule has 0 bridgehead atoms. The number of ether oxygens (including phenoxy) is 2. The van der Waals surface area contributed by atoms with E-state index in [1.165, 1.54) is 5.56 Å². The smallest absolute Gasteiger partial charge is 0.255 e. The Morgan fingerprint density at radius 3 is 2.49 bits per heavy atom. The number of nitrogens with zero attached hydrogens (tertiary/aromatic N) is 3. The van der Waals surface area contributed by atoms with E-state index in [1.807, 2.05) is 75.4 Å². The van der Waals surface area contributed by atoms with Crippen molar-refractivity contribution in [3.05, 3.63) is 100 Å². The van der Waals surface area contributed by atoms with Gasteiger partial charge in [-0.2, -0.15) is 4.98 Å². The Kier molecular flexibility index (Phi) is 8.64. The second kappa shape index (κ2) is 12.5. The number of allylic oxidation sites excluding steroid dienone is 1. The Morgan fingerprint density at radius 2 is 1.76 bits per heavy atom. The summed E-state index contributed by atoms with van der Waals surface area (Å²) >= 11 is 1.55. The number of rotatable bonds is 10. The van der Waals surface area contributed by atoms with E-state index in [-0.39, 0.29) is 5.91 Å². The van der Waals surface area contributed by atoms with E-state index in [0.717, 1.165) is 28.1 Å². The maximum Gasteiger partial charge on any atom is 0.255 e. The van der Waals surface area contributed by atoms with Gasteiger partial charge in [0, 0.05) is 11.4 Å². The number of aryl methyl sites for hydroxylation is 2. The molecule has 8 nitrogen and oxygen atoms in total. The fourth-order valence-corrected chi connectivity index (χ4v) is 5.45. The van der Waals surface area contributed by atoms with Gasteiger partial charge >= 0.3 is 0 Å². The molecule has 1 amide bonds. The third-order valence-corrected chi connectivity index (χ3v) is 7.41. The van der Waals surface area contributed by atoms with Crippen molar-refractivity contribution in [1.82, 2.24) is 14.8 Å². The molecule has 3 aromatic carbocycles. The number of aromatic nitrogens is 3. The van der Waals surface area contributed by atoms with Gasteiger partial charge < -0.3 is 20.1 Å². The summed E-state index contributed by atoms with van der Waals surface area (Å²) in [5.74, 6) is 2.46. The van der Waals surface area contributed by atoms with E-state index in [9.17, 15) is 4.79 Å². The van der Waals surface area contributed by atoms with Crippen LogP contribution in [0.15, 0.2) is 83.2 Å². The first-order chi connectivity index (χ1) is 19.9. The van der Waals surface area contributed by atoms with Gasteiger partial charge in [-0.25, -0.2) is 4.68 Å². The fourth-order valence-electron chi connectivity index (χ4n) is 4.89. The van der Waals surface area contributed by atoms with Crippen LogP contribution in [0.1, 0.15) is 49.1 Å². The van der Waals surface area contributed by atoms with Gasteiger partial charge in [-0.05, 0) is 74.4 Å². The van der Waals surface area contributed by atoms with Crippen molar-refractivity contribution in [3.8, 4) is 11.5 Å². The molecule has 2 N–H and O–H groups in total. The monoisotopic (exact) mass is 569 g/mol. The molecule has 0 saturated carbocycles. The number of amides is 1. The Morgan fingerprint density at radius 1 is 0.976 bits per heavy atom. The highest BCUT2D eigenvalue weighted by molar-refractivity contribution is 7.99. The second-order valence-corrected chi connectivity index (χ2v) is 11.1. The van der Waals surface area contributed by atoms with Crippen LogP contribution < -0.4 is 20.1 Å². The van der Waals surface area contributed by atoms with Crippen LogP contribution in [0.25, 0.3) is 0 Å². The van der Waals surface area contributed by atoms with Crippen LogP contribution in [0.5, 0.6) is 11.5 Å². The normalized spacial score (nSPS) is 14.3. The quantitative estimate of drug-likeness (QED) is 0.201. The lowest BCUT2D eigenvalue weighted by Crippen LogP contribution is -2.31. The minimum absolute atomic E-state index is 0.214. The highest BCUT2D eigenvalue weighted by atomic mass is 32.2. The summed E-state index contributed by atoms with van der Waals surface area (Å²) < 4.78 is 14.0. The Hall–Kier alpha value is -4.24. The van der Waals surface area contributed by atoms with Crippen molar-refractivity contribution >= 4 is 29.3 Å². The summed E-state index contributed by atoms with van der Waals surface area (Å²) in [5, 5.41) is 11.8. The minimum Gasteiger partial charge on any atom is -0.490 e. The highest BCUT2D eigenvalue weighted by Crippen LogP contribution is 2.40. The number of fused-ring (bicyclic) bond motifs is 1. The Balaban J connectivity index is 1.53. The maximum atomic E-state index is 13.8. The van der Waals surface area contributed by atoms with E-state index in [4.69, 9.17) is 14.6 Å². The van der Waals surface area contributed by atoms with E-state index in [1.54, 1.807) is 16.4 Å². The minimum atomic E-state index is -0.528. The molecule has 0 radical (unpaired) electrons. The molecule has 1 aliphatic heterocycles. The maximum absolute atomic E-state index is 13.8. The predicted molar refractivity (Wildman–Crippen MR) is 164 cm³/mol.